The molecule has 2 amide bonds. The number of thiophene rings is 1. The Balaban J connectivity index is 2.40. The fourth-order valence-electron chi connectivity index (χ4n) is 1.63. The Kier molecular flexibility index (Phi) is 6.35. The monoisotopic (exact) mass is 284 g/mol. The Hall–Kier alpha value is -1.56. The molecule has 6 heteroatoms. The summed E-state index contributed by atoms with van der Waals surface area (Å²) in [6.45, 7) is 4.39. The minimum absolute atomic E-state index is 0.426. The standard InChI is InChI=1S/C13H20N2O3S/c1-3-5-11(12(16)17)15-13(18)14-8-10-7-6-9(4-2)19-10/h6-7,11H,3-5,8H2,1-2H3,(H,16,17)(H2,14,15,18). The number of urea groups is 1. The molecule has 5 nitrogen and oxygen atoms in total. The molecule has 0 aliphatic heterocycles. The number of carbonyl (C=O) groups is 2. The molecule has 1 aromatic heterocycles. The summed E-state index contributed by atoms with van der Waals surface area (Å²) in [7, 11) is 0. The van der Waals surface area contributed by atoms with Gasteiger partial charge in [-0.25, -0.2) is 9.59 Å². The van der Waals surface area contributed by atoms with Gasteiger partial charge in [-0.3, -0.25) is 0 Å². The van der Waals surface area contributed by atoms with Gasteiger partial charge in [-0.15, -0.1) is 11.3 Å². The van der Waals surface area contributed by atoms with Crippen LogP contribution >= 0.6 is 11.3 Å². The Bertz CT molecular complexity index is 431. The lowest BCUT2D eigenvalue weighted by Crippen LogP contribution is -2.45. The predicted octanol–water partition coefficient (Wildman–Crippen LogP) is 2.36. The third-order valence-corrected chi connectivity index (χ3v) is 3.90. The molecule has 0 saturated heterocycles. The Morgan fingerprint density at radius 2 is 2.00 bits per heavy atom. The van der Waals surface area contributed by atoms with Crippen molar-refractivity contribution in [2.75, 3.05) is 0 Å². The number of rotatable bonds is 7. The van der Waals surface area contributed by atoms with Crippen molar-refractivity contribution in [3.8, 4) is 0 Å². The van der Waals surface area contributed by atoms with E-state index < -0.39 is 18.0 Å². The normalized spacial score (nSPS) is 11.9. The smallest absolute Gasteiger partial charge is 0.326 e. The van der Waals surface area contributed by atoms with E-state index in [1.54, 1.807) is 11.3 Å². The molecule has 0 aliphatic carbocycles. The van der Waals surface area contributed by atoms with E-state index in [1.807, 2.05) is 19.1 Å². The van der Waals surface area contributed by atoms with Gasteiger partial charge in [0.05, 0.1) is 6.54 Å². The van der Waals surface area contributed by atoms with Crippen LogP contribution in [0.15, 0.2) is 12.1 Å². The largest absolute Gasteiger partial charge is 0.480 e. The summed E-state index contributed by atoms with van der Waals surface area (Å²) in [6, 6.07) is 2.76. The van der Waals surface area contributed by atoms with E-state index in [-0.39, 0.29) is 0 Å². The van der Waals surface area contributed by atoms with Gasteiger partial charge >= 0.3 is 12.0 Å². The van der Waals surface area contributed by atoms with Crippen LogP contribution in [-0.2, 0) is 17.8 Å². The van der Waals surface area contributed by atoms with E-state index >= 15 is 0 Å². The molecule has 0 spiro atoms. The molecule has 1 unspecified atom stereocenters. The number of hydrogen-bond acceptors (Lipinski definition) is 3. The predicted molar refractivity (Wildman–Crippen MR) is 75.4 cm³/mol. The first-order chi connectivity index (χ1) is 9.06. The molecule has 1 atom stereocenters. The summed E-state index contributed by atoms with van der Waals surface area (Å²) in [6.07, 6.45) is 2.12. The summed E-state index contributed by atoms with van der Waals surface area (Å²) in [5.41, 5.74) is 0. The molecule has 0 aliphatic rings. The summed E-state index contributed by atoms with van der Waals surface area (Å²) < 4.78 is 0. The molecule has 0 saturated carbocycles. The average Bonchev–Trinajstić information content (AvgIpc) is 2.83. The SMILES string of the molecule is CCCC(NC(=O)NCc1ccc(CC)s1)C(=O)O. The second-order valence-corrected chi connectivity index (χ2v) is 5.48. The highest BCUT2D eigenvalue weighted by Gasteiger charge is 2.18. The highest BCUT2D eigenvalue weighted by molar-refractivity contribution is 7.11. The molecule has 0 radical (unpaired) electrons. The first-order valence-corrected chi connectivity index (χ1v) is 7.23. The zero-order chi connectivity index (χ0) is 14.3. The van der Waals surface area contributed by atoms with E-state index in [4.69, 9.17) is 5.11 Å². The van der Waals surface area contributed by atoms with Crippen LogP contribution in [0.1, 0.15) is 36.4 Å². The summed E-state index contributed by atoms with van der Waals surface area (Å²) in [5, 5.41) is 14.1. The van der Waals surface area contributed by atoms with E-state index in [0.29, 0.717) is 19.4 Å². The van der Waals surface area contributed by atoms with Crippen molar-refractivity contribution < 1.29 is 14.7 Å². The number of amides is 2. The molecule has 0 aromatic carbocycles. The van der Waals surface area contributed by atoms with E-state index in [2.05, 4.69) is 17.6 Å². The number of aryl methyl sites for hydroxylation is 1. The third kappa shape index (κ3) is 5.30. The van der Waals surface area contributed by atoms with Crippen molar-refractivity contribution in [2.24, 2.45) is 0 Å². The molecule has 1 rings (SSSR count). The number of nitrogens with one attached hydrogen (secondary N) is 2. The van der Waals surface area contributed by atoms with Crippen molar-refractivity contribution in [1.29, 1.82) is 0 Å². The molecule has 19 heavy (non-hydrogen) atoms. The van der Waals surface area contributed by atoms with Crippen LogP contribution < -0.4 is 10.6 Å². The molecule has 106 valence electrons. The molecular weight excluding hydrogens is 264 g/mol. The first kappa shape index (κ1) is 15.5. The van der Waals surface area contributed by atoms with Crippen LogP contribution in [0, 0.1) is 0 Å². The lowest BCUT2D eigenvalue weighted by atomic mass is 10.2. The maximum Gasteiger partial charge on any atom is 0.326 e. The number of hydrogen-bond donors (Lipinski definition) is 3. The van der Waals surface area contributed by atoms with Crippen molar-refractivity contribution in [1.82, 2.24) is 10.6 Å². The van der Waals surface area contributed by atoms with E-state index in [9.17, 15) is 9.59 Å². The summed E-state index contributed by atoms with van der Waals surface area (Å²) in [5.74, 6) is -0.999. The topological polar surface area (TPSA) is 78.4 Å². The number of carbonyl (C=O) groups excluding carboxylic acids is 1. The van der Waals surface area contributed by atoms with Gasteiger partial charge in [0.15, 0.2) is 0 Å². The zero-order valence-electron chi connectivity index (χ0n) is 11.2. The van der Waals surface area contributed by atoms with Crippen molar-refractivity contribution in [2.45, 2.75) is 45.7 Å². The van der Waals surface area contributed by atoms with Gasteiger partial charge in [0.1, 0.15) is 6.04 Å². The highest BCUT2D eigenvalue weighted by Crippen LogP contribution is 2.16. The molecule has 3 N–H and O–H groups in total. The highest BCUT2D eigenvalue weighted by atomic mass is 32.1. The second-order valence-electron chi connectivity index (χ2n) is 4.23. The van der Waals surface area contributed by atoms with Gasteiger partial charge in [0.25, 0.3) is 0 Å². The minimum Gasteiger partial charge on any atom is -0.480 e. The second kappa shape index (κ2) is 7.78. The van der Waals surface area contributed by atoms with Crippen molar-refractivity contribution >= 4 is 23.3 Å². The summed E-state index contributed by atoms with van der Waals surface area (Å²) >= 11 is 1.65. The van der Waals surface area contributed by atoms with Crippen LogP contribution in [0.3, 0.4) is 0 Å². The van der Waals surface area contributed by atoms with Crippen LogP contribution in [-0.4, -0.2) is 23.1 Å². The van der Waals surface area contributed by atoms with Crippen LogP contribution in [0.4, 0.5) is 4.79 Å². The maximum atomic E-state index is 11.6. The van der Waals surface area contributed by atoms with Crippen LogP contribution in [0.2, 0.25) is 0 Å². The molecular formula is C13H20N2O3S. The number of aliphatic carboxylic acids is 1. The molecule has 1 aromatic rings. The van der Waals surface area contributed by atoms with Gasteiger partial charge in [0, 0.05) is 9.75 Å². The number of carboxylic acid groups (broad SMARTS) is 1. The average molecular weight is 284 g/mol. The quantitative estimate of drug-likeness (QED) is 0.719. The molecule has 0 fully saturated rings. The minimum atomic E-state index is -0.999. The molecule has 1 heterocycles. The number of carboxylic acids is 1. The summed E-state index contributed by atoms with van der Waals surface area (Å²) in [4.78, 5) is 24.8. The van der Waals surface area contributed by atoms with Crippen molar-refractivity contribution in [3.63, 3.8) is 0 Å². The lowest BCUT2D eigenvalue weighted by molar-refractivity contribution is -0.139. The maximum absolute atomic E-state index is 11.6. The molecule has 0 bridgehead atoms. The van der Waals surface area contributed by atoms with E-state index in [0.717, 1.165) is 11.3 Å². The Labute approximate surface area is 117 Å². The zero-order valence-corrected chi connectivity index (χ0v) is 12.0. The van der Waals surface area contributed by atoms with Crippen LogP contribution in [0.25, 0.3) is 0 Å². The van der Waals surface area contributed by atoms with Crippen molar-refractivity contribution in [3.05, 3.63) is 21.9 Å². The fourth-order valence-corrected chi connectivity index (χ4v) is 2.53. The third-order valence-electron chi connectivity index (χ3n) is 2.67. The fraction of sp³-hybridized carbons (Fsp3) is 0.538. The Morgan fingerprint density at radius 1 is 1.32 bits per heavy atom. The van der Waals surface area contributed by atoms with Gasteiger partial charge in [-0.1, -0.05) is 20.3 Å². The van der Waals surface area contributed by atoms with Gasteiger partial charge in [-0.05, 0) is 25.0 Å². The van der Waals surface area contributed by atoms with Gasteiger partial charge in [0.2, 0.25) is 0 Å². The lowest BCUT2D eigenvalue weighted by Gasteiger charge is -2.13. The van der Waals surface area contributed by atoms with Gasteiger partial charge < -0.3 is 15.7 Å². The van der Waals surface area contributed by atoms with Crippen LogP contribution in [0.5, 0.6) is 0 Å². The van der Waals surface area contributed by atoms with Gasteiger partial charge in [-0.2, -0.15) is 0 Å². The first-order valence-electron chi connectivity index (χ1n) is 6.41. The van der Waals surface area contributed by atoms with E-state index in [1.165, 1.54) is 4.88 Å². The Morgan fingerprint density at radius 3 is 2.53 bits per heavy atom.